The fraction of sp³-hybridized carbons (Fsp3) is 0.571. The van der Waals surface area contributed by atoms with E-state index in [1.54, 1.807) is 11.0 Å². The van der Waals surface area contributed by atoms with E-state index in [1.165, 1.54) is 6.92 Å². The Morgan fingerprint density at radius 1 is 1.37 bits per heavy atom. The molecule has 1 aliphatic heterocycles. The summed E-state index contributed by atoms with van der Waals surface area (Å²) in [6.45, 7) is 7.97. The number of carbonyl (C=O) groups is 2. The Kier molecular flexibility index (Phi) is 3.39. The number of carbonyl (C=O) groups excluding carboxylic acids is 2. The largest absolute Gasteiger partial charge is 0.458 e. The number of furan rings is 1. The average Bonchev–Trinajstić information content (AvgIpc) is 2.69. The Balaban J connectivity index is 2.09. The molecule has 5 nitrogen and oxygen atoms in total. The lowest BCUT2D eigenvalue weighted by Gasteiger charge is -2.29. The fourth-order valence-corrected chi connectivity index (χ4v) is 1.99. The number of ether oxygens (including phenoxy) is 1. The molecular weight excluding hydrogens is 246 g/mol. The maximum Gasteiger partial charge on any atom is 0.410 e. The lowest BCUT2D eigenvalue weighted by molar-refractivity contribution is 0.0219. The predicted molar refractivity (Wildman–Crippen MR) is 69.1 cm³/mol. The first kappa shape index (κ1) is 13.6. The van der Waals surface area contributed by atoms with E-state index in [-0.39, 0.29) is 11.9 Å². The van der Waals surface area contributed by atoms with Gasteiger partial charge in [0.2, 0.25) is 0 Å². The van der Waals surface area contributed by atoms with Gasteiger partial charge in [-0.1, -0.05) is 0 Å². The summed E-state index contributed by atoms with van der Waals surface area (Å²) < 4.78 is 10.8. The Morgan fingerprint density at radius 3 is 2.63 bits per heavy atom. The highest BCUT2D eigenvalue weighted by atomic mass is 16.6. The molecule has 0 saturated heterocycles. The van der Waals surface area contributed by atoms with Crippen LogP contribution in [-0.4, -0.2) is 28.9 Å². The molecule has 2 heterocycles. The molecular formula is C14H19NO4. The van der Waals surface area contributed by atoms with Crippen LogP contribution in [0.4, 0.5) is 4.79 Å². The third-order valence-electron chi connectivity index (χ3n) is 2.87. The highest BCUT2D eigenvalue weighted by Gasteiger charge is 2.28. The van der Waals surface area contributed by atoms with Crippen molar-refractivity contribution in [2.24, 2.45) is 0 Å². The number of Topliss-reactive ketones (excluding diaryl/α,β-unsaturated/α-hetero) is 1. The summed E-state index contributed by atoms with van der Waals surface area (Å²) in [5.41, 5.74) is 0.389. The highest BCUT2D eigenvalue weighted by Crippen LogP contribution is 2.24. The molecule has 0 fully saturated rings. The maximum absolute atomic E-state index is 12.0. The van der Waals surface area contributed by atoms with E-state index in [2.05, 4.69) is 0 Å². The second-order valence-corrected chi connectivity index (χ2v) is 5.77. The van der Waals surface area contributed by atoms with Crippen LogP contribution in [0.3, 0.4) is 0 Å². The van der Waals surface area contributed by atoms with E-state index in [0.29, 0.717) is 25.3 Å². The standard InChI is InChI=1S/C14H19NO4/c1-9(16)12-7-10-8-15(6-5-11(10)18-12)13(17)19-14(2,3)4/h7H,5-6,8H2,1-4H3. The first-order valence-electron chi connectivity index (χ1n) is 6.37. The molecule has 0 radical (unpaired) electrons. The molecule has 0 aliphatic carbocycles. The zero-order valence-electron chi connectivity index (χ0n) is 11.8. The first-order valence-corrected chi connectivity index (χ1v) is 6.37. The molecule has 1 aromatic rings. The van der Waals surface area contributed by atoms with E-state index >= 15 is 0 Å². The van der Waals surface area contributed by atoms with E-state index in [1.807, 2.05) is 20.8 Å². The van der Waals surface area contributed by atoms with Crippen molar-refractivity contribution >= 4 is 11.9 Å². The van der Waals surface area contributed by atoms with Gasteiger partial charge in [0, 0.05) is 25.5 Å². The average molecular weight is 265 g/mol. The minimum Gasteiger partial charge on any atom is -0.458 e. The molecule has 0 atom stereocenters. The van der Waals surface area contributed by atoms with Crippen molar-refractivity contribution in [1.29, 1.82) is 0 Å². The molecule has 1 aromatic heterocycles. The Morgan fingerprint density at radius 2 is 2.05 bits per heavy atom. The van der Waals surface area contributed by atoms with Crippen LogP contribution in [0, 0.1) is 0 Å². The van der Waals surface area contributed by atoms with E-state index in [9.17, 15) is 9.59 Å². The third kappa shape index (κ3) is 3.16. The van der Waals surface area contributed by atoms with Crippen molar-refractivity contribution in [2.45, 2.75) is 46.3 Å². The van der Waals surface area contributed by atoms with Crippen LogP contribution in [0.2, 0.25) is 0 Å². The van der Waals surface area contributed by atoms with Crippen LogP contribution in [0.25, 0.3) is 0 Å². The topological polar surface area (TPSA) is 59.8 Å². The van der Waals surface area contributed by atoms with Gasteiger partial charge in [-0.15, -0.1) is 0 Å². The molecule has 0 N–H and O–H groups in total. The minimum absolute atomic E-state index is 0.0989. The van der Waals surface area contributed by atoms with Gasteiger partial charge in [-0.2, -0.15) is 0 Å². The third-order valence-corrected chi connectivity index (χ3v) is 2.87. The van der Waals surface area contributed by atoms with Crippen molar-refractivity contribution in [3.63, 3.8) is 0 Å². The molecule has 0 unspecified atom stereocenters. The number of nitrogens with zero attached hydrogens (tertiary/aromatic N) is 1. The first-order chi connectivity index (χ1) is 8.76. The summed E-state index contributed by atoms with van der Waals surface area (Å²) in [6.07, 6.45) is 0.283. The molecule has 19 heavy (non-hydrogen) atoms. The normalized spacial score (nSPS) is 15.1. The van der Waals surface area contributed by atoms with Gasteiger partial charge in [-0.25, -0.2) is 4.79 Å². The Hall–Kier alpha value is -1.78. The van der Waals surface area contributed by atoms with E-state index in [4.69, 9.17) is 9.15 Å². The quantitative estimate of drug-likeness (QED) is 0.732. The second kappa shape index (κ2) is 4.72. The van der Waals surface area contributed by atoms with Crippen molar-refractivity contribution in [3.8, 4) is 0 Å². The lowest BCUT2D eigenvalue weighted by Crippen LogP contribution is -2.39. The van der Waals surface area contributed by atoms with Crippen LogP contribution >= 0.6 is 0 Å². The monoisotopic (exact) mass is 265 g/mol. The molecule has 1 aliphatic rings. The van der Waals surface area contributed by atoms with Crippen molar-refractivity contribution < 1.29 is 18.7 Å². The number of rotatable bonds is 1. The van der Waals surface area contributed by atoms with E-state index < -0.39 is 5.60 Å². The predicted octanol–water partition coefficient (Wildman–Crippen LogP) is 2.78. The number of amides is 1. The summed E-state index contributed by atoms with van der Waals surface area (Å²) in [6, 6.07) is 1.72. The zero-order valence-corrected chi connectivity index (χ0v) is 11.8. The summed E-state index contributed by atoms with van der Waals surface area (Å²) in [7, 11) is 0. The van der Waals surface area contributed by atoms with Crippen LogP contribution in [0.5, 0.6) is 0 Å². The van der Waals surface area contributed by atoms with Gasteiger partial charge in [-0.05, 0) is 26.8 Å². The molecule has 1 amide bonds. The lowest BCUT2D eigenvalue weighted by atomic mass is 10.1. The van der Waals surface area contributed by atoms with Gasteiger partial charge in [0.1, 0.15) is 11.4 Å². The molecule has 0 saturated carbocycles. The Labute approximate surface area is 112 Å². The summed E-state index contributed by atoms with van der Waals surface area (Å²) in [5.74, 6) is 1.05. The summed E-state index contributed by atoms with van der Waals surface area (Å²) in [4.78, 5) is 24.9. The minimum atomic E-state index is -0.502. The number of hydrogen-bond acceptors (Lipinski definition) is 4. The number of hydrogen-bond donors (Lipinski definition) is 0. The van der Waals surface area contributed by atoms with Crippen molar-refractivity contribution in [3.05, 3.63) is 23.2 Å². The van der Waals surface area contributed by atoms with Crippen molar-refractivity contribution in [2.75, 3.05) is 6.54 Å². The van der Waals surface area contributed by atoms with Crippen LogP contribution in [-0.2, 0) is 17.7 Å². The van der Waals surface area contributed by atoms with E-state index in [0.717, 1.165) is 11.3 Å². The van der Waals surface area contributed by atoms with Gasteiger partial charge in [-0.3, -0.25) is 4.79 Å². The number of ketones is 1. The van der Waals surface area contributed by atoms with Crippen LogP contribution < -0.4 is 0 Å². The van der Waals surface area contributed by atoms with Gasteiger partial charge in [0.25, 0.3) is 0 Å². The summed E-state index contributed by atoms with van der Waals surface area (Å²) >= 11 is 0. The van der Waals surface area contributed by atoms with Gasteiger partial charge in [0.05, 0.1) is 6.54 Å². The molecule has 104 valence electrons. The SMILES string of the molecule is CC(=O)c1cc2c(o1)CCN(C(=O)OC(C)(C)C)C2. The van der Waals surface area contributed by atoms with Gasteiger partial charge >= 0.3 is 6.09 Å². The Bertz CT molecular complexity index is 510. The number of fused-ring (bicyclic) bond motifs is 1. The highest BCUT2D eigenvalue weighted by molar-refractivity contribution is 5.91. The molecule has 0 aromatic carbocycles. The fourth-order valence-electron chi connectivity index (χ4n) is 1.99. The second-order valence-electron chi connectivity index (χ2n) is 5.77. The molecule has 0 bridgehead atoms. The summed E-state index contributed by atoms with van der Waals surface area (Å²) in [5, 5.41) is 0. The van der Waals surface area contributed by atoms with Gasteiger partial charge < -0.3 is 14.1 Å². The smallest absolute Gasteiger partial charge is 0.410 e. The zero-order chi connectivity index (χ0) is 14.2. The van der Waals surface area contributed by atoms with Crippen LogP contribution in [0.15, 0.2) is 10.5 Å². The molecule has 0 spiro atoms. The molecule has 2 rings (SSSR count). The van der Waals surface area contributed by atoms with Crippen LogP contribution in [0.1, 0.15) is 49.6 Å². The molecule has 5 heteroatoms. The van der Waals surface area contributed by atoms with Crippen molar-refractivity contribution in [1.82, 2.24) is 4.90 Å². The van der Waals surface area contributed by atoms with Gasteiger partial charge in [0.15, 0.2) is 11.5 Å². The maximum atomic E-state index is 12.0.